The van der Waals surface area contributed by atoms with Gasteiger partial charge in [-0.25, -0.2) is 0 Å². The van der Waals surface area contributed by atoms with Crippen LogP contribution >= 0.6 is 15.9 Å². The van der Waals surface area contributed by atoms with Crippen molar-refractivity contribution in [1.29, 1.82) is 0 Å². The summed E-state index contributed by atoms with van der Waals surface area (Å²) in [5.74, 6) is -0.441. The Bertz CT molecular complexity index is 760. The summed E-state index contributed by atoms with van der Waals surface area (Å²) in [5, 5.41) is 31.1. The minimum absolute atomic E-state index is 0.0827. The van der Waals surface area contributed by atoms with E-state index in [0.29, 0.717) is 25.7 Å². The van der Waals surface area contributed by atoms with E-state index in [1.165, 1.54) is 0 Å². The molecule has 1 fully saturated rings. The van der Waals surface area contributed by atoms with Crippen LogP contribution in [-0.2, 0) is 16.0 Å². The van der Waals surface area contributed by atoms with Crippen LogP contribution < -0.4 is 0 Å². The third-order valence-electron chi connectivity index (χ3n) is 5.78. The number of halogens is 1. The molecule has 0 spiro atoms. The van der Waals surface area contributed by atoms with E-state index < -0.39 is 18.3 Å². The van der Waals surface area contributed by atoms with Crippen LogP contribution in [0.1, 0.15) is 57.9 Å². The number of carbonyl (C=O) groups excluding carboxylic acids is 1. The molecule has 6 heteroatoms. The number of esters is 1. The zero-order valence-electron chi connectivity index (χ0n) is 19.1. The van der Waals surface area contributed by atoms with Crippen molar-refractivity contribution in [3.8, 4) is 0 Å². The normalized spacial score (nSPS) is 24.6. The summed E-state index contributed by atoms with van der Waals surface area (Å²) in [6, 6.07) is 8.03. The molecule has 0 aliphatic heterocycles. The topological polar surface area (TPSA) is 87.0 Å². The molecule has 1 aromatic rings. The standard InChI is InChI=1S/C26H37BrO5/c1-18(2)32-26(31)11-6-4-3-5-10-22-23(25(30)17-24(22)29)15-14-21(28)13-12-19-8-7-9-20(27)16-19/h3,5,7-9,14-16,18,21-25,28-30H,4,6,10-13,17H2,1-2H3/b5-3-,15-14+/t21-,22-,23-,24+,25-/m1/s1. The molecule has 178 valence electrons. The number of hydrogen-bond acceptors (Lipinski definition) is 5. The van der Waals surface area contributed by atoms with Crippen LogP contribution in [0.5, 0.6) is 0 Å². The summed E-state index contributed by atoms with van der Waals surface area (Å²) < 4.78 is 6.14. The van der Waals surface area contributed by atoms with E-state index >= 15 is 0 Å². The van der Waals surface area contributed by atoms with Gasteiger partial charge in [0.2, 0.25) is 0 Å². The van der Waals surface area contributed by atoms with Crippen molar-refractivity contribution < 1.29 is 24.9 Å². The van der Waals surface area contributed by atoms with E-state index in [4.69, 9.17) is 4.74 Å². The number of carbonyl (C=O) groups is 1. The van der Waals surface area contributed by atoms with Gasteiger partial charge in [0.25, 0.3) is 0 Å². The molecule has 0 saturated heterocycles. The highest BCUT2D eigenvalue weighted by molar-refractivity contribution is 9.10. The second-order valence-electron chi connectivity index (χ2n) is 8.87. The van der Waals surface area contributed by atoms with E-state index in [-0.39, 0.29) is 23.9 Å². The lowest BCUT2D eigenvalue weighted by Gasteiger charge is -2.19. The largest absolute Gasteiger partial charge is 0.463 e. The first-order valence-electron chi connectivity index (χ1n) is 11.6. The lowest BCUT2D eigenvalue weighted by molar-refractivity contribution is -0.147. The highest BCUT2D eigenvalue weighted by Crippen LogP contribution is 2.36. The van der Waals surface area contributed by atoms with Gasteiger partial charge in [-0.3, -0.25) is 4.79 Å². The van der Waals surface area contributed by atoms with Gasteiger partial charge in [-0.1, -0.05) is 52.4 Å². The molecule has 32 heavy (non-hydrogen) atoms. The first-order valence-corrected chi connectivity index (χ1v) is 12.4. The van der Waals surface area contributed by atoms with Crippen LogP contribution in [0.25, 0.3) is 0 Å². The molecule has 5 nitrogen and oxygen atoms in total. The fourth-order valence-electron chi connectivity index (χ4n) is 4.12. The van der Waals surface area contributed by atoms with Crippen molar-refractivity contribution in [3.05, 3.63) is 58.6 Å². The van der Waals surface area contributed by atoms with Gasteiger partial charge in [-0.2, -0.15) is 0 Å². The maximum absolute atomic E-state index is 11.5. The highest BCUT2D eigenvalue weighted by atomic mass is 79.9. The molecule has 1 aromatic carbocycles. The maximum Gasteiger partial charge on any atom is 0.306 e. The Morgan fingerprint density at radius 3 is 2.75 bits per heavy atom. The van der Waals surface area contributed by atoms with Crippen molar-refractivity contribution >= 4 is 21.9 Å². The molecule has 0 heterocycles. The zero-order valence-corrected chi connectivity index (χ0v) is 20.7. The third-order valence-corrected chi connectivity index (χ3v) is 6.28. The smallest absolute Gasteiger partial charge is 0.306 e. The number of unbranched alkanes of at least 4 members (excludes halogenated alkanes) is 1. The molecule has 2 rings (SSSR count). The third kappa shape index (κ3) is 9.57. The van der Waals surface area contributed by atoms with Crippen LogP contribution in [0.3, 0.4) is 0 Å². The van der Waals surface area contributed by atoms with Gasteiger partial charge in [0, 0.05) is 23.2 Å². The van der Waals surface area contributed by atoms with Crippen LogP contribution in [0, 0.1) is 11.8 Å². The molecule has 1 saturated carbocycles. The molecule has 0 radical (unpaired) electrons. The van der Waals surface area contributed by atoms with Gasteiger partial charge in [0.15, 0.2) is 0 Å². The molecule has 1 aliphatic carbocycles. The number of ether oxygens (including phenoxy) is 1. The minimum atomic E-state index is -0.609. The Labute approximate surface area is 200 Å². The quantitative estimate of drug-likeness (QED) is 0.216. The Morgan fingerprint density at radius 1 is 1.25 bits per heavy atom. The number of rotatable bonds is 12. The molecule has 1 aliphatic rings. The first-order chi connectivity index (χ1) is 15.3. The Kier molecular flexibility index (Phi) is 11.7. The van der Waals surface area contributed by atoms with Gasteiger partial charge in [0.1, 0.15) is 0 Å². The molecule has 0 aromatic heterocycles. The lowest BCUT2D eigenvalue weighted by Crippen LogP contribution is -2.20. The van der Waals surface area contributed by atoms with Crippen molar-refractivity contribution in [2.45, 2.75) is 83.2 Å². The maximum atomic E-state index is 11.5. The molecular formula is C26H37BrO5. The number of benzene rings is 1. The molecular weight excluding hydrogens is 472 g/mol. The van der Waals surface area contributed by atoms with Gasteiger partial charge in [0.05, 0.1) is 24.4 Å². The van der Waals surface area contributed by atoms with Crippen molar-refractivity contribution in [3.63, 3.8) is 0 Å². The summed E-state index contributed by atoms with van der Waals surface area (Å²) in [6.45, 7) is 3.68. The number of hydrogen-bond donors (Lipinski definition) is 3. The number of aliphatic hydroxyl groups is 3. The average Bonchev–Trinajstić information content (AvgIpc) is 2.99. The zero-order chi connectivity index (χ0) is 23.5. The molecule has 0 amide bonds. The lowest BCUT2D eigenvalue weighted by atomic mass is 9.89. The second-order valence-corrected chi connectivity index (χ2v) is 9.79. The SMILES string of the molecule is CC(C)OC(=O)CCC/C=C\C[C@@H]1[C@@H](/C=C/[C@H](O)CCc2cccc(Br)c2)[C@H](O)C[C@@H]1O. The molecule has 0 unspecified atom stereocenters. The number of aryl methyl sites for hydroxylation is 1. The van der Waals surface area contributed by atoms with Crippen LogP contribution in [0.2, 0.25) is 0 Å². The number of allylic oxidation sites excluding steroid dienone is 2. The summed E-state index contributed by atoms with van der Waals surface area (Å²) >= 11 is 3.46. The van der Waals surface area contributed by atoms with E-state index in [9.17, 15) is 20.1 Å². The predicted molar refractivity (Wildman–Crippen MR) is 130 cm³/mol. The second kappa shape index (κ2) is 13.9. The van der Waals surface area contributed by atoms with E-state index in [0.717, 1.165) is 29.3 Å². The predicted octanol–water partition coefficient (Wildman–Crippen LogP) is 4.72. The summed E-state index contributed by atoms with van der Waals surface area (Å²) in [5.41, 5.74) is 1.16. The van der Waals surface area contributed by atoms with Crippen molar-refractivity contribution in [2.75, 3.05) is 0 Å². The van der Waals surface area contributed by atoms with Crippen LogP contribution in [-0.4, -0.2) is 45.7 Å². The minimum Gasteiger partial charge on any atom is -0.463 e. The molecule has 0 bridgehead atoms. The van der Waals surface area contributed by atoms with Gasteiger partial charge >= 0.3 is 5.97 Å². The van der Waals surface area contributed by atoms with E-state index in [2.05, 4.69) is 15.9 Å². The van der Waals surface area contributed by atoms with Crippen LogP contribution in [0.4, 0.5) is 0 Å². The fraction of sp³-hybridized carbons (Fsp3) is 0.577. The molecule has 3 N–H and O–H groups in total. The van der Waals surface area contributed by atoms with Gasteiger partial charge < -0.3 is 20.1 Å². The molecule has 5 atom stereocenters. The first kappa shape index (κ1) is 26.8. The van der Waals surface area contributed by atoms with Gasteiger partial charge in [-0.05, 0) is 69.6 Å². The summed E-state index contributed by atoms with van der Waals surface area (Å²) in [4.78, 5) is 11.5. The fourth-order valence-corrected chi connectivity index (χ4v) is 4.57. The van der Waals surface area contributed by atoms with E-state index in [1.54, 1.807) is 6.08 Å². The van der Waals surface area contributed by atoms with Crippen molar-refractivity contribution in [1.82, 2.24) is 0 Å². The van der Waals surface area contributed by atoms with E-state index in [1.807, 2.05) is 56.3 Å². The monoisotopic (exact) mass is 508 g/mol. The summed E-state index contributed by atoms with van der Waals surface area (Å²) in [7, 11) is 0. The Morgan fingerprint density at radius 2 is 2.03 bits per heavy atom. The summed E-state index contributed by atoms with van der Waals surface area (Å²) in [6.07, 6.45) is 10.1. The number of aliphatic hydroxyl groups excluding tert-OH is 3. The Balaban J connectivity index is 1.78. The van der Waals surface area contributed by atoms with Gasteiger partial charge in [-0.15, -0.1) is 0 Å². The Hall–Kier alpha value is -1.47. The van der Waals surface area contributed by atoms with Crippen molar-refractivity contribution in [2.24, 2.45) is 11.8 Å². The van der Waals surface area contributed by atoms with Crippen LogP contribution in [0.15, 0.2) is 53.0 Å². The average molecular weight is 509 g/mol. The highest BCUT2D eigenvalue weighted by Gasteiger charge is 2.39.